The highest BCUT2D eigenvalue weighted by Crippen LogP contribution is 2.23. The Bertz CT molecular complexity index is 653. The van der Waals surface area contributed by atoms with E-state index in [9.17, 15) is 10.1 Å². The maximum atomic E-state index is 10.6. The van der Waals surface area contributed by atoms with Crippen LogP contribution in [0.4, 0.5) is 5.69 Å². The van der Waals surface area contributed by atoms with E-state index in [1.807, 2.05) is 30.3 Å². The van der Waals surface area contributed by atoms with Crippen molar-refractivity contribution in [2.24, 2.45) is 4.99 Å². The zero-order chi connectivity index (χ0) is 13.9. The lowest BCUT2D eigenvalue weighted by Gasteiger charge is -2.04. The Morgan fingerprint density at radius 1 is 1.10 bits per heavy atom. The summed E-state index contributed by atoms with van der Waals surface area (Å²) in [5, 5.41) is 10.6. The van der Waals surface area contributed by atoms with Crippen LogP contribution in [0.25, 0.3) is 0 Å². The Morgan fingerprint density at radius 2 is 1.80 bits per heavy atom. The zero-order valence-electron chi connectivity index (χ0n) is 10.4. The van der Waals surface area contributed by atoms with Gasteiger partial charge in [-0.3, -0.25) is 10.1 Å². The number of hydroxylamine groups is 1. The highest BCUT2D eigenvalue weighted by Gasteiger charge is 2.20. The Labute approximate surface area is 114 Å². The van der Waals surface area contributed by atoms with E-state index in [0.717, 1.165) is 11.1 Å². The molecule has 6 heteroatoms. The Hall–Kier alpha value is -2.73. The molecule has 0 amide bonds. The zero-order valence-corrected chi connectivity index (χ0v) is 10.4. The van der Waals surface area contributed by atoms with Gasteiger partial charge in [-0.15, -0.1) is 0 Å². The molecule has 0 aromatic heterocycles. The second-order valence-corrected chi connectivity index (χ2v) is 4.26. The SMILES string of the molecule is O=[N+]([O-])c1ccc(C2=NC(c3ccccc3)ON2)cc1. The number of nitro groups is 1. The third-order valence-corrected chi connectivity index (χ3v) is 2.95. The van der Waals surface area contributed by atoms with Crippen molar-refractivity contribution >= 4 is 11.5 Å². The van der Waals surface area contributed by atoms with Crippen LogP contribution in [0.1, 0.15) is 17.4 Å². The highest BCUT2D eigenvalue weighted by atomic mass is 16.7. The van der Waals surface area contributed by atoms with E-state index >= 15 is 0 Å². The first-order chi connectivity index (χ1) is 9.74. The van der Waals surface area contributed by atoms with Gasteiger partial charge in [-0.2, -0.15) is 0 Å². The van der Waals surface area contributed by atoms with Gasteiger partial charge < -0.3 is 0 Å². The molecule has 3 rings (SSSR count). The molecular formula is C14H11N3O3. The van der Waals surface area contributed by atoms with Gasteiger partial charge in [-0.1, -0.05) is 30.3 Å². The monoisotopic (exact) mass is 269 g/mol. The van der Waals surface area contributed by atoms with Crippen LogP contribution in [-0.2, 0) is 4.84 Å². The topological polar surface area (TPSA) is 76.8 Å². The van der Waals surface area contributed by atoms with Crippen LogP contribution in [0.3, 0.4) is 0 Å². The molecule has 0 spiro atoms. The average molecular weight is 269 g/mol. The molecule has 6 nitrogen and oxygen atoms in total. The minimum atomic E-state index is -0.434. The van der Waals surface area contributed by atoms with Gasteiger partial charge in [0.15, 0.2) is 5.84 Å². The summed E-state index contributed by atoms with van der Waals surface area (Å²) in [6.45, 7) is 0. The van der Waals surface area contributed by atoms with Gasteiger partial charge in [-0.25, -0.2) is 15.3 Å². The molecule has 0 saturated heterocycles. The largest absolute Gasteiger partial charge is 0.269 e. The molecule has 20 heavy (non-hydrogen) atoms. The van der Waals surface area contributed by atoms with Crippen molar-refractivity contribution in [3.63, 3.8) is 0 Å². The lowest BCUT2D eigenvalue weighted by Crippen LogP contribution is -2.17. The van der Waals surface area contributed by atoms with Gasteiger partial charge in [0, 0.05) is 23.3 Å². The van der Waals surface area contributed by atoms with Crippen molar-refractivity contribution in [2.45, 2.75) is 6.23 Å². The smallest absolute Gasteiger partial charge is 0.258 e. The lowest BCUT2D eigenvalue weighted by molar-refractivity contribution is -0.384. The minimum Gasteiger partial charge on any atom is -0.258 e. The molecule has 1 aliphatic rings. The fourth-order valence-electron chi connectivity index (χ4n) is 1.92. The van der Waals surface area contributed by atoms with Crippen molar-refractivity contribution in [3.05, 3.63) is 75.8 Å². The van der Waals surface area contributed by atoms with Crippen molar-refractivity contribution in [1.29, 1.82) is 0 Å². The van der Waals surface area contributed by atoms with Crippen LogP contribution in [0.2, 0.25) is 0 Å². The van der Waals surface area contributed by atoms with E-state index in [1.165, 1.54) is 12.1 Å². The predicted molar refractivity (Wildman–Crippen MR) is 73.0 cm³/mol. The molecule has 1 heterocycles. The summed E-state index contributed by atoms with van der Waals surface area (Å²) in [7, 11) is 0. The molecule has 1 unspecified atom stereocenters. The number of nitrogens with zero attached hydrogens (tertiary/aromatic N) is 2. The summed E-state index contributed by atoms with van der Waals surface area (Å²) >= 11 is 0. The van der Waals surface area contributed by atoms with Gasteiger partial charge in [0.1, 0.15) is 0 Å². The third kappa shape index (κ3) is 2.36. The Balaban J connectivity index is 1.83. The number of hydrogen-bond donors (Lipinski definition) is 1. The number of aliphatic imine (C=N–C) groups is 1. The number of nitrogens with one attached hydrogen (secondary N) is 1. The van der Waals surface area contributed by atoms with Crippen molar-refractivity contribution in [1.82, 2.24) is 5.48 Å². The summed E-state index contributed by atoms with van der Waals surface area (Å²) in [4.78, 5) is 20.0. The molecule has 100 valence electrons. The molecule has 0 aliphatic carbocycles. The molecule has 1 aliphatic heterocycles. The molecule has 2 aromatic carbocycles. The van der Waals surface area contributed by atoms with Crippen molar-refractivity contribution < 1.29 is 9.76 Å². The van der Waals surface area contributed by atoms with Gasteiger partial charge in [0.2, 0.25) is 6.23 Å². The van der Waals surface area contributed by atoms with Crippen LogP contribution in [0, 0.1) is 10.1 Å². The van der Waals surface area contributed by atoms with E-state index < -0.39 is 11.2 Å². The van der Waals surface area contributed by atoms with E-state index in [0.29, 0.717) is 5.84 Å². The summed E-state index contributed by atoms with van der Waals surface area (Å²) < 4.78 is 0. The fourth-order valence-corrected chi connectivity index (χ4v) is 1.92. The van der Waals surface area contributed by atoms with Crippen LogP contribution in [0.5, 0.6) is 0 Å². The van der Waals surface area contributed by atoms with E-state index in [-0.39, 0.29) is 5.69 Å². The molecule has 1 N–H and O–H groups in total. The average Bonchev–Trinajstić information content (AvgIpc) is 2.98. The van der Waals surface area contributed by atoms with Gasteiger partial charge in [0.25, 0.3) is 5.69 Å². The van der Waals surface area contributed by atoms with Crippen LogP contribution < -0.4 is 5.48 Å². The molecular weight excluding hydrogens is 258 g/mol. The van der Waals surface area contributed by atoms with Crippen molar-refractivity contribution in [2.75, 3.05) is 0 Å². The lowest BCUT2D eigenvalue weighted by atomic mass is 10.2. The van der Waals surface area contributed by atoms with Crippen LogP contribution in [0.15, 0.2) is 59.6 Å². The molecule has 1 atom stereocenters. The van der Waals surface area contributed by atoms with E-state index in [1.54, 1.807) is 12.1 Å². The van der Waals surface area contributed by atoms with Crippen molar-refractivity contribution in [3.8, 4) is 0 Å². The van der Waals surface area contributed by atoms with E-state index in [2.05, 4.69) is 10.5 Å². The second-order valence-electron chi connectivity index (χ2n) is 4.26. The van der Waals surface area contributed by atoms with Gasteiger partial charge >= 0.3 is 0 Å². The third-order valence-electron chi connectivity index (χ3n) is 2.95. The summed E-state index contributed by atoms with van der Waals surface area (Å²) in [5.41, 5.74) is 4.49. The molecule has 0 fully saturated rings. The van der Waals surface area contributed by atoms with E-state index in [4.69, 9.17) is 4.84 Å². The minimum absolute atomic E-state index is 0.0490. The summed E-state index contributed by atoms with van der Waals surface area (Å²) in [5.74, 6) is 0.564. The van der Waals surface area contributed by atoms with Gasteiger partial charge in [0.05, 0.1) is 4.92 Å². The number of rotatable bonds is 3. The van der Waals surface area contributed by atoms with Gasteiger partial charge in [-0.05, 0) is 12.1 Å². The summed E-state index contributed by atoms with van der Waals surface area (Å²) in [6.07, 6.45) is -0.401. The fraction of sp³-hybridized carbons (Fsp3) is 0.0714. The number of non-ortho nitro benzene ring substituents is 1. The normalized spacial score (nSPS) is 17.4. The number of hydrogen-bond acceptors (Lipinski definition) is 5. The summed E-state index contributed by atoms with van der Waals surface area (Å²) in [6, 6.07) is 15.8. The standard InChI is InChI=1S/C14H11N3O3/c18-17(19)12-8-6-10(7-9-12)13-15-14(20-16-13)11-4-2-1-3-5-11/h1-9,14H,(H,15,16). The Morgan fingerprint density at radius 3 is 2.45 bits per heavy atom. The second kappa shape index (κ2) is 5.10. The predicted octanol–water partition coefficient (Wildman–Crippen LogP) is 2.58. The number of amidine groups is 1. The quantitative estimate of drug-likeness (QED) is 0.686. The highest BCUT2D eigenvalue weighted by molar-refractivity contribution is 5.99. The molecule has 0 radical (unpaired) electrons. The first-order valence-electron chi connectivity index (χ1n) is 6.03. The molecule has 0 bridgehead atoms. The first-order valence-corrected chi connectivity index (χ1v) is 6.03. The maximum absolute atomic E-state index is 10.6. The number of benzene rings is 2. The van der Waals surface area contributed by atoms with Crippen LogP contribution >= 0.6 is 0 Å². The molecule has 2 aromatic rings. The first kappa shape index (κ1) is 12.3. The van der Waals surface area contributed by atoms with Crippen LogP contribution in [-0.4, -0.2) is 10.8 Å². The molecule has 0 saturated carbocycles. The number of nitro benzene ring substituents is 1. The Kier molecular flexibility index (Phi) is 3.14. The maximum Gasteiger partial charge on any atom is 0.269 e.